The van der Waals surface area contributed by atoms with Crippen molar-refractivity contribution in [1.82, 2.24) is 0 Å². The molecule has 0 unspecified atom stereocenters. The second-order valence-electron chi connectivity index (χ2n) is 8.37. The van der Waals surface area contributed by atoms with Crippen LogP contribution in [0.1, 0.15) is 11.1 Å². The Balaban J connectivity index is 1.89. The molecule has 174 valence electrons. The molecule has 0 N–H and O–H groups in total. The summed E-state index contributed by atoms with van der Waals surface area (Å²) in [6.07, 6.45) is 2.08. The van der Waals surface area contributed by atoms with E-state index >= 15 is 0 Å². The van der Waals surface area contributed by atoms with Crippen LogP contribution in [0.15, 0.2) is 162 Å². The van der Waals surface area contributed by atoms with E-state index in [9.17, 15) is 5.11 Å². The van der Waals surface area contributed by atoms with Crippen molar-refractivity contribution in [2.75, 3.05) is 0 Å². The van der Waals surface area contributed by atoms with Gasteiger partial charge in [-0.05, 0) is 53.4 Å². The van der Waals surface area contributed by atoms with Gasteiger partial charge < -0.3 is 5.11 Å². The standard InChI is InChI=1S/C33H26NOP/c35-33(28-18-8-2-9-19-28)34-32(26-27-16-6-1-7-17-27)36(29-20-10-3-11-21-29,30-22-12-4-13-23-30)31-24-14-5-15-25-31/h1-26H/b32-26+. The quantitative estimate of drug-likeness (QED) is 0.164. The summed E-state index contributed by atoms with van der Waals surface area (Å²) < 4.78 is 0. The number of rotatable bonds is 7. The highest BCUT2D eigenvalue weighted by Crippen LogP contribution is 2.63. The van der Waals surface area contributed by atoms with Crippen molar-refractivity contribution in [2.24, 2.45) is 4.99 Å². The third-order valence-electron chi connectivity index (χ3n) is 6.11. The van der Waals surface area contributed by atoms with E-state index in [1.165, 1.54) is 0 Å². The SMILES string of the molecule is [O-]/C(=N\C(=C/c1ccccc1)[P+](c1ccccc1)(c1ccccc1)c1ccccc1)c1ccccc1. The fraction of sp³-hybridized carbons (Fsp3) is 0. The first-order chi connectivity index (χ1) is 17.8. The highest BCUT2D eigenvalue weighted by atomic mass is 31.2. The molecule has 0 radical (unpaired) electrons. The zero-order valence-corrected chi connectivity index (χ0v) is 20.7. The normalized spacial score (nSPS) is 12.3. The van der Waals surface area contributed by atoms with Gasteiger partial charge in [0.1, 0.15) is 15.9 Å². The number of benzene rings is 5. The van der Waals surface area contributed by atoms with Gasteiger partial charge in [0.2, 0.25) is 0 Å². The van der Waals surface area contributed by atoms with E-state index in [2.05, 4.69) is 91.0 Å². The second-order valence-corrected chi connectivity index (χ2v) is 11.7. The third-order valence-corrected chi connectivity index (χ3v) is 10.2. The van der Waals surface area contributed by atoms with Crippen molar-refractivity contribution in [3.05, 3.63) is 168 Å². The molecular formula is C33H26NOP. The Morgan fingerprint density at radius 2 is 0.861 bits per heavy atom. The Bertz CT molecular complexity index is 1350. The molecule has 3 heteroatoms. The topological polar surface area (TPSA) is 35.4 Å². The van der Waals surface area contributed by atoms with Crippen LogP contribution >= 0.6 is 7.26 Å². The molecule has 0 heterocycles. The summed E-state index contributed by atoms with van der Waals surface area (Å²) in [6.45, 7) is 0. The molecule has 5 aromatic rings. The van der Waals surface area contributed by atoms with Crippen molar-refractivity contribution < 1.29 is 5.11 Å². The van der Waals surface area contributed by atoms with Crippen LogP contribution in [-0.4, -0.2) is 5.90 Å². The van der Waals surface area contributed by atoms with Crippen LogP contribution < -0.4 is 21.0 Å². The molecule has 0 aliphatic rings. The molecule has 5 rings (SSSR count). The van der Waals surface area contributed by atoms with Gasteiger partial charge in [0.15, 0.2) is 12.7 Å². The minimum absolute atomic E-state index is 0.245. The van der Waals surface area contributed by atoms with E-state index in [-0.39, 0.29) is 5.90 Å². The lowest BCUT2D eigenvalue weighted by molar-refractivity contribution is -0.212. The third kappa shape index (κ3) is 4.77. The molecular weight excluding hydrogens is 457 g/mol. The van der Waals surface area contributed by atoms with Crippen LogP contribution in [0, 0.1) is 0 Å². The van der Waals surface area contributed by atoms with E-state index in [0.29, 0.717) is 5.56 Å². The molecule has 0 atom stereocenters. The molecule has 0 spiro atoms. The highest BCUT2D eigenvalue weighted by molar-refractivity contribution is 7.99. The average molecular weight is 484 g/mol. The van der Waals surface area contributed by atoms with Gasteiger partial charge in [0, 0.05) is 6.08 Å². The van der Waals surface area contributed by atoms with Crippen LogP contribution in [0.2, 0.25) is 0 Å². The molecule has 0 aromatic heterocycles. The summed E-state index contributed by atoms with van der Waals surface area (Å²) in [5.41, 5.74) is 2.35. The minimum atomic E-state index is -2.53. The molecule has 2 nitrogen and oxygen atoms in total. The van der Waals surface area contributed by atoms with Gasteiger partial charge in [0.05, 0.1) is 0 Å². The summed E-state index contributed by atoms with van der Waals surface area (Å²) in [5.74, 6) is -0.245. The molecule has 0 bridgehead atoms. The van der Waals surface area contributed by atoms with Gasteiger partial charge in [-0.25, -0.2) is 4.99 Å². The van der Waals surface area contributed by atoms with Crippen molar-refractivity contribution in [2.45, 2.75) is 0 Å². The van der Waals surface area contributed by atoms with E-state index in [4.69, 9.17) is 4.99 Å². The fourth-order valence-electron chi connectivity index (χ4n) is 4.45. The lowest BCUT2D eigenvalue weighted by Crippen LogP contribution is -2.33. The molecule has 0 aliphatic carbocycles. The molecule has 5 aromatic carbocycles. The molecule has 0 aliphatic heterocycles. The summed E-state index contributed by atoms with van der Waals surface area (Å²) in [4.78, 5) is 4.92. The number of hydrogen-bond acceptors (Lipinski definition) is 2. The monoisotopic (exact) mass is 483 g/mol. The number of nitrogens with zero attached hydrogens (tertiary/aromatic N) is 1. The molecule has 0 amide bonds. The fourth-order valence-corrected chi connectivity index (χ4v) is 8.58. The van der Waals surface area contributed by atoms with Crippen molar-refractivity contribution in [3.63, 3.8) is 0 Å². The average Bonchev–Trinajstić information content (AvgIpc) is 2.96. The Labute approximate surface area is 213 Å². The Morgan fingerprint density at radius 1 is 0.500 bits per heavy atom. The van der Waals surface area contributed by atoms with Crippen molar-refractivity contribution in [3.8, 4) is 0 Å². The van der Waals surface area contributed by atoms with E-state index in [0.717, 1.165) is 26.9 Å². The Hall–Kier alpha value is -4.26. The maximum absolute atomic E-state index is 13.6. The first-order valence-corrected chi connectivity index (χ1v) is 13.7. The van der Waals surface area contributed by atoms with Crippen LogP contribution in [0.25, 0.3) is 6.08 Å². The summed E-state index contributed by atoms with van der Waals surface area (Å²) >= 11 is 0. The van der Waals surface area contributed by atoms with Gasteiger partial charge in [-0.1, -0.05) is 115 Å². The van der Waals surface area contributed by atoms with Crippen LogP contribution in [0.5, 0.6) is 0 Å². The van der Waals surface area contributed by atoms with Crippen molar-refractivity contribution >= 4 is 35.1 Å². The second kappa shape index (κ2) is 11.0. The van der Waals surface area contributed by atoms with Crippen LogP contribution in [-0.2, 0) is 0 Å². The zero-order chi connectivity index (χ0) is 24.6. The lowest BCUT2D eigenvalue weighted by atomic mass is 10.2. The Kier molecular flexibility index (Phi) is 7.17. The summed E-state index contributed by atoms with van der Waals surface area (Å²) in [6, 6.07) is 50.9. The predicted octanol–water partition coefficient (Wildman–Crippen LogP) is 5.79. The minimum Gasteiger partial charge on any atom is -0.858 e. The molecule has 0 saturated heterocycles. The van der Waals surface area contributed by atoms with Gasteiger partial charge in [-0.2, -0.15) is 0 Å². The largest absolute Gasteiger partial charge is 0.858 e. The summed E-state index contributed by atoms with van der Waals surface area (Å²) in [7, 11) is -2.53. The van der Waals surface area contributed by atoms with E-state index in [1.807, 2.05) is 66.7 Å². The molecule has 36 heavy (non-hydrogen) atoms. The maximum atomic E-state index is 13.6. The van der Waals surface area contributed by atoms with Crippen LogP contribution in [0.4, 0.5) is 0 Å². The first-order valence-electron chi connectivity index (χ1n) is 11.9. The molecule has 0 fully saturated rings. The van der Waals surface area contributed by atoms with Gasteiger partial charge >= 0.3 is 0 Å². The zero-order valence-electron chi connectivity index (χ0n) is 19.8. The lowest BCUT2D eigenvalue weighted by Gasteiger charge is -2.28. The number of hydrogen-bond donors (Lipinski definition) is 0. The smallest absolute Gasteiger partial charge is 0.198 e. The van der Waals surface area contributed by atoms with Gasteiger partial charge in [0.25, 0.3) is 0 Å². The Morgan fingerprint density at radius 3 is 1.28 bits per heavy atom. The first kappa shape index (κ1) is 23.5. The predicted molar refractivity (Wildman–Crippen MR) is 153 cm³/mol. The molecule has 0 saturated carbocycles. The van der Waals surface area contributed by atoms with Gasteiger partial charge in [-0.15, -0.1) is 0 Å². The van der Waals surface area contributed by atoms with Gasteiger partial charge in [-0.3, -0.25) is 0 Å². The maximum Gasteiger partial charge on any atom is 0.198 e. The van der Waals surface area contributed by atoms with E-state index in [1.54, 1.807) is 0 Å². The van der Waals surface area contributed by atoms with E-state index < -0.39 is 7.26 Å². The highest BCUT2D eigenvalue weighted by Gasteiger charge is 2.50. The summed E-state index contributed by atoms with van der Waals surface area (Å²) in [5, 5.41) is 17.0. The van der Waals surface area contributed by atoms with Crippen LogP contribution in [0.3, 0.4) is 0 Å². The van der Waals surface area contributed by atoms with Crippen molar-refractivity contribution in [1.29, 1.82) is 0 Å². The number of aliphatic imine (C=N–C) groups is 1.